The molecule has 0 saturated heterocycles. The average Bonchev–Trinajstić information content (AvgIpc) is 2.99. The molecule has 0 bridgehead atoms. The predicted molar refractivity (Wildman–Crippen MR) is 102 cm³/mol. The second kappa shape index (κ2) is 7.18. The zero-order chi connectivity index (χ0) is 17.1. The first kappa shape index (κ1) is 16.7. The molecule has 1 atom stereocenters. The van der Waals surface area contributed by atoms with E-state index in [1.165, 1.54) is 28.6 Å². The Hall–Kier alpha value is -2.13. The Balaban J connectivity index is 1.76. The minimum atomic E-state index is 0.0351. The molecule has 2 aromatic carbocycles. The molecule has 3 heteroatoms. The van der Waals surface area contributed by atoms with E-state index >= 15 is 0 Å². The standard InChI is InChI=1S/C21H27N3/c1-15(2)17-5-3-16(4-6-17)14-24-10-9-19-11-18(7-8-21(19)24)20(12-22)13-23/h3-8,11-12,15,20,22H,9-10,13-14,23H2,1-2H3. The minimum Gasteiger partial charge on any atom is -0.367 e. The first-order valence-corrected chi connectivity index (χ1v) is 8.79. The van der Waals surface area contributed by atoms with Crippen molar-refractivity contribution in [2.45, 2.75) is 38.6 Å². The van der Waals surface area contributed by atoms with E-state index in [9.17, 15) is 0 Å². The van der Waals surface area contributed by atoms with Crippen molar-refractivity contribution in [3.8, 4) is 0 Å². The number of anilines is 1. The molecule has 0 aliphatic carbocycles. The third-order valence-electron chi connectivity index (χ3n) is 5.00. The topological polar surface area (TPSA) is 53.1 Å². The number of nitrogens with one attached hydrogen (secondary N) is 1. The van der Waals surface area contributed by atoms with Crippen LogP contribution in [0.15, 0.2) is 42.5 Å². The quantitative estimate of drug-likeness (QED) is 0.788. The van der Waals surface area contributed by atoms with Crippen LogP contribution in [0.2, 0.25) is 0 Å². The third-order valence-corrected chi connectivity index (χ3v) is 5.00. The van der Waals surface area contributed by atoms with Gasteiger partial charge in [-0.15, -0.1) is 0 Å². The van der Waals surface area contributed by atoms with E-state index in [4.69, 9.17) is 11.1 Å². The number of rotatable bonds is 6. The second-order valence-electron chi connectivity index (χ2n) is 6.96. The lowest BCUT2D eigenvalue weighted by molar-refractivity contribution is 0.830. The Kier molecular flexibility index (Phi) is 5.00. The summed E-state index contributed by atoms with van der Waals surface area (Å²) in [5, 5.41) is 7.51. The van der Waals surface area contributed by atoms with Crippen LogP contribution in [0.5, 0.6) is 0 Å². The maximum Gasteiger partial charge on any atom is 0.0429 e. The molecular formula is C21H27N3. The minimum absolute atomic E-state index is 0.0351. The Morgan fingerprint density at radius 3 is 2.46 bits per heavy atom. The first-order valence-electron chi connectivity index (χ1n) is 8.79. The summed E-state index contributed by atoms with van der Waals surface area (Å²) in [6.07, 6.45) is 2.52. The summed E-state index contributed by atoms with van der Waals surface area (Å²) in [6, 6.07) is 15.6. The fourth-order valence-corrected chi connectivity index (χ4v) is 3.41. The van der Waals surface area contributed by atoms with Gasteiger partial charge in [0.25, 0.3) is 0 Å². The van der Waals surface area contributed by atoms with E-state index in [1.54, 1.807) is 0 Å². The molecule has 0 saturated carbocycles. The zero-order valence-electron chi connectivity index (χ0n) is 14.6. The van der Waals surface area contributed by atoms with Gasteiger partial charge in [-0.3, -0.25) is 0 Å². The van der Waals surface area contributed by atoms with Gasteiger partial charge in [-0.05, 0) is 40.7 Å². The van der Waals surface area contributed by atoms with E-state index in [-0.39, 0.29) is 5.92 Å². The predicted octanol–water partition coefficient (Wildman–Crippen LogP) is 4.06. The van der Waals surface area contributed by atoms with Gasteiger partial charge in [0.05, 0.1) is 0 Å². The summed E-state index contributed by atoms with van der Waals surface area (Å²) in [6.45, 7) is 6.96. The van der Waals surface area contributed by atoms with Crippen molar-refractivity contribution >= 4 is 11.9 Å². The Labute approximate surface area is 145 Å². The lowest BCUT2D eigenvalue weighted by Crippen LogP contribution is -2.19. The van der Waals surface area contributed by atoms with Gasteiger partial charge in [-0.2, -0.15) is 0 Å². The van der Waals surface area contributed by atoms with Crippen molar-refractivity contribution in [1.29, 1.82) is 5.41 Å². The summed E-state index contributed by atoms with van der Waals surface area (Å²) < 4.78 is 0. The SMILES string of the molecule is CC(C)c1ccc(CN2CCc3cc(C(C=N)CN)ccc32)cc1. The Morgan fingerprint density at radius 2 is 1.83 bits per heavy atom. The van der Waals surface area contributed by atoms with Crippen molar-refractivity contribution in [2.75, 3.05) is 18.0 Å². The maximum absolute atomic E-state index is 7.51. The molecule has 0 fully saturated rings. The molecule has 1 aliphatic rings. The van der Waals surface area contributed by atoms with Crippen LogP contribution < -0.4 is 10.6 Å². The third kappa shape index (κ3) is 3.36. The normalized spacial score (nSPS) is 14.8. The van der Waals surface area contributed by atoms with Crippen molar-refractivity contribution in [3.63, 3.8) is 0 Å². The van der Waals surface area contributed by atoms with Crippen LogP contribution in [0.3, 0.4) is 0 Å². The molecule has 2 aromatic rings. The van der Waals surface area contributed by atoms with Gasteiger partial charge in [0.15, 0.2) is 0 Å². The second-order valence-corrected chi connectivity index (χ2v) is 6.96. The molecule has 0 aromatic heterocycles. The van der Waals surface area contributed by atoms with Crippen LogP contribution in [-0.2, 0) is 13.0 Å². The van der Waals surface area contributed by atoms with E-state index in [2.05, 4.69) is 61.2 Å². The monoisotopic (exact) mass is 321 g/mol. The fourth-order valence-electron chi connectivity index (χ4n) is 3.41. The van der Waals surface area contributed by atoms with Crippen LogP contribution in [0.25, 0.3) is 0 Å². The van der Waals surface area contributed by atoms with Gasteiger partial charge in [-0.1, -0.05) is 50.2 Å². The van der Waals surface area contributed by atoms with Crippen molar-refractivity contribution < 1.29 is 0 Å². The largest absolute Gasteiger partial charge is 0.367 e. The van der Waals surface area contributed by atoms with Crippen LogP contribution >= 0.6 is 0 Å². The maximum atomic E-state index is 7.51. The van der Waals surface area contributed by atoms with Crippen molar-refractivity contribution in [2.24, 2.45) is 5.73 Å². The highest BCUT2D eigenvalue weighted by atomic mass is 15.1. The van der Waals surface area contributed by atoms with E-state index in [1.807, 2.05) is 0 Å². The highest BCUT2D eigenvalue weighted by Crippen LogP contribution is 2.32. The van der Waals surface area contributed by atoms with Gasteiger partial charge in [0, 0.05) is 37.5 Å². The Morgan fingerprint density at radius 1 is 1.12 bits per heavy atom. The number of hydrogen-bond donors (Lipinski definition) is 2. The van der Waals surface area contributed by atoms with Gasteiger partial charge >= 0.3 is 0 Å². The molecule has 0 spiro atoms. The van der Waals surface area contributed by atoms with Gasteiger partial charge < -0.3 is 16.0 Å². The van der Waals surface area contributed by atoms with Gasteiger partial charge in [0.1, 0.15) is 0 Å². The van der Waals surface area contributed by atoms with Crippen LogP contribution in [0, 0.1) is 5.41 Å². The average molecular weight is 321 g/mol. The molecule has 0 radical (unpaired) electrons. The number of fused-ring (bicyclic) bond motifs is 1. The first-order chi connectivity index (χ1) is 11.6. The summed E-state index contributed by atoms with van der Waals surface area (Å²) in [7, 11) is 0. The number of nitrogens with two attached hydrogens (primary N) is 1. The number of benzene rings is 2. The van der Waals surface area contributed by atoms with E-state index in [0.717, 1.165) is 25.1 Å². The van der Waals surface area contributed by atoms with Crippen LogP contribution in [0.4, 0.5) is 5.69 Å². The molecule has 1 unspecified atom stereocenters. The molecule has 0 amide bonds. The lowest BCUT2D eigenvalue weighted by atomic mass is 9.97. The lowest BCUT2D eigenvalue weighted by Gasteiger charge is -2.20. The fraction of sp³-hybridized carbons (Fsp3) is 0.381. The smallest absolute Gasteiger partial charge is 0.0429 e. The molecule has 126 valence electrons. The molecule has 1 aliphatic heterocycles. The highest BCUT2D eigenvalue weighted by molar-refractivity contribution is 5.68. The van der Waals surface area contributed by atoms with Crippen molar-refractivity contribution in [3.05, 3.63) is 64.7 Å². The summed E-state index contributed by atoms with van der Waals surface area (Å²) >= 11 is 0. The van der Waals surface area contributed by atoms with E-state index in [0.29, 0.717) is 12.5 Å². The number of nitrogens with zero attached hydrogens (tertiary/aromatic N) is 1. The molecule has 3 N–H and O–H groups in total. The molecule has 24 heavy (non-hydrogen) atoms. The molecule has 3 rings (SSSR count). The van der Waals surface area contributed by atoms with Crippen molar-refractivity contribution in [1.82, 2.24) is 0 Å². The summed E-state index contributed by atoms with van der Waals surface area (Å²) in [5.74, 6) is 0.613. The highest BCUT2D eigenvalue weighted by Gasteiger charge is 2.20. The molecule has 1 heterocycles. The summed E-state index contributed by atoms with van der Waals surface area (Å²) in [4.78, 5) is 2.45. The molecule has 3 nitrogen and oxygen atoms in total. The van der Waals surface area contributed by atoms with E-state index < -0.39 is 0 Å². The Bertz CT molecular complexity index is 704. The van der Waals surface area contributed by atoms with Gasteiger partial charge in [0.2, 0.25) is 0 Å². The van der Waals surface area contributed by atoms with Gasteiger partial charge in [-0.25, -0.2) is 0 Å². The number of hydrogen-bond acceptors (Lipinski definition) is 3. The van der Waals surface area contributed by atoms with Crippen LogP contribution in [0.1, 0.15) is 47.9 Å². The van der Waals surface area contributed by atoms with Crippen LogP contribution in [-0.4, -0.2) is 19.3 Å². The molecular weight excluding hydrogens is 294 g/mol. The summed E-state index contributed by atoms with van der Waals surface area (Å²) in [5.41, 5.74) is 12.4. The zero-order valence-corrected chi connectivity index (χ0v) is 14.6.